The third kappa shape index (κ3) is 5.56. The van der Waals surface area contributed by atoms with Crippen LogP contribution < -0.4 is 10.6 Å². The second-order valence-electron chi connectivity index (χ2n) is 6.40. The maximum atomic E-state index is 12.0. The summed E-state index contributed by atoms with van der Waals surface area (Å²) in [5, 5.41) is 13.8. The van der Waals surface area contributed by atoms with Gasteiger partial charge in [0.15, 0.2) is 0 Å². The van der Waals surface area contributed by atoms with E-state index in [-0.39, 0.29) is 12.1 Å². The lowest BCUT2D eigenvalue weighted by Crippen LogP contribution is -2.46. The van der Waals surface area contributed by atoms with Gasteiger partial charge in [0, 0.05) is 38.2 Å². The van der Waals surface area contributed by atoms with Crippen molar-refractivity contribution in [1.29, 1.82) is 0 Å². The zero-order valence-corrected chi connectivity index (χ0v) is 14.6. The minimum Gasteiger partial charge on any atom is -0.426 e. The molecule has 2 heterocycles. The fourth-order valence-electron chi connectivity index (χ4n) is 3.07. The summed E-state index contributed by atoms with van der Waals surface area (Å²) in [6, 6.07) is 9.61. The molecule has 0 radical (unpaired) electrons. The molecule has 2 N–H and O–H groups in total. The topological polar surface area (TPSA) is 83.3 Å². The third-order valence-corrected chi connectivity index (χ3v) is 4.39. The highest BCUT2D eigenvalue weighted by atomic mass is 16.4. The second-order valence-corrected chi connectivity index (χ2v) is 6.40. The van der Waals surface area contributed by atoms with Crippen LogP contribution in [-0.4, -0.2) is 46.8 Å². The molecule has 7 nitrogen and oxygen atoms in total. The third-order valence-electron chi connectivity index (χ3n) is 4.39. The molecular weight excluding hydrogens is 318 g/mol. The predicted octanol–water partition coefficient (Wildman–Crippen LogP) is 2.60. The number of hydrogen-bond donors (Lipinski definition) is 2. The highest BCUT2D eigenvalue weighted by Crippen LogP contribution is 2.12. The quantitative estimate of drug-likeness (QED) is 0.842. The molecule has 0 unspecified atom stereocenters. The zero-order valence-electron chi connectivity index (χ0n) is 14.6. The molecule has 0 saturated carbocycles. The van der Waals surface area contributed by atoms with Gasteiger partial charge >= 0.3 is 6.03 Å². The van der Waals surface area contributed by atoms with Gasteiger partial charge in [0.1, 0.15) is 0 Å². The first-order chi connectivity index (χ1) is 12.2. The van der Waals surface area contributed by atoms with Crippen molar-refractivity contribution in [2.45, 2.75) is 38.6 Å². The van der Waals surface area contributed by atoms with Gasteiger partial charge in [-0.3, -0.25) is 0 Å². The highest BCUT2D eigenvalue weighted by Gasteiger charge is 2.20. The number of aromatic nitrogens is 2. The van der Waals surface area contributed by atoms with Crippen molar-refractivity contribution >= 4 is 11.7 Å². The number of benzene rings is 1. The molecular formula is C18H25N5O2. The SMILES string of the molecule is Cc1nnc(CCCN2CCC(NC(=O)Nc3ccccc3)CC2)o1. The largest absolute Gasteiger partial charge is 0.426 e. The lowest BCUT2D eigenvalue weighted by molar-refractivity contribution is 0.193. The molecule has 25 heavy (non-hydrogen) atoms. The Morgan fingerprint density at radius 3 is 2.68 bits per heavy atom. The average molecular weight is 343 g/mol. The van der Waals surface area contributed by atoms with Gasteiger partial charge in [0.2, 0.25) is 11.8 Å². The van der Waals surface area contributed by atoms with E-state index >= 15 is 0 Å². The van der Waals surface area contributed by atoms with E-state index in [2.05, 4.69) is 25.7 Å². The molecule has 3 rings (SSSR count). The summed E-state index contributed by atoms with van der Waals surface area (Å²) >= 11 is 0. The number of rotatable bonds is 6. The van der Waals surface area contributed by atoms with Crippen molar-refractivity contribution in [3.05, 3.63) is 42.1 Å². The van der Waals surface area contributed by atoms with E-state index in [4.69, 9.17) is 4.42 Å². The Labute approximate surface area is 147 Å². The molecule has 1 aliphatic heterocycles. The van der Waals surface area contributed by atoms with Crippen molar-refractivity contribution in [2.24, 2.45) is 0 Å². The normalized spacial score (nSPS) is 15.9. The Morgan fingerprint density at radius 1 is 1.24 bits per heavy atom. The van der Waals surface area contributed by atoms with Gasteiger partial charge in [-0.05, 0) is 37.9 Å². The predicted molar refractivity (Wildman–Crippen MR) is 95.4 cm³/mol. The first-order valence-corrected chi connectivity index (χ1v) is 8.83. The smallest absolute Gasteiger partial charge is 0.319 e. The highest BCUT2D eigenvalue weighted by molar-refractivity contribution is 5.89. The maximum absolute atomic E-state index is 12.0. The Kier molecular flexibility index (Phi) is 6.00. The van der Waals surface area contributed by atoms with Crippen molar-refractivity contribution < 1.29 is 9.21 Å². The molecule has 0 aliphatic carbocycles. The van der Waals surface area contributed by atoms with Crippen LogP contribution in [0.5, 0.6) is 0 Å². The van der Waals surface area contributed by atoms with Gasteiger partial charge in [-0.15, -0.1) is 10.2 Å². The van der Waals surface area contributed by atoms with Gasteiger partial charge in [-0.2, -0.15) is 0 Å². The number of urea groups is 1. The van der Waals surface area contributed by atoms with Gasteiger partial charge in [0.25, 0.3) is 0 Å². The lowest BCUT2D eigenvalue weighted by atomic mass is 10.0. The van der Waals surface area contributed by atoms with Crippen molar-refractivity contribution in [3.63, 3.8) is 0 Å². The molecule has 7 heteroatoms. The fraction of sp³-hybridized carbons (Fsp3) is 0.500. The van der Waals surface area contributed by atoms with E-state index in [9.17, 15) is 4.79 Å². The molecule has 2 amide bonds. The number of nitrogens with one attached hydrogen (secondary N) is 2. The average Bonchev–Trinajstić information content (AvgIpc) is 3.02. The molecule has 2 aromatic rings. The van der Waals surface area contributed by atoms with Crippen molar-refractivity contribution in [3.8, 4) is 0 Å². The first kappa shape index (κ1) is 17.4. The van der Waals surface area contributed by atoms with Crippen molar-refractivity contribution in [1.82, 2.24) is 20.4 Å². The number of anilines is 1. The van der Waals surface area contributed by atoms with Crippen LogP contribution in [0.15, 0.2) is 34.7 Å². The number of aryl methyl sites for hydroxylation is 2. The molecule has 134 valence electrons. The molecule has 1 saturated heterocycles. The molecule has 0 spiro atoms. The molecule has 1 aliphatic rings. The standard InChI is InChI=1S/C18H25N5O2/c1-14-21-22-17(25-14)8-5-11-23-12-9-16(10-13-23)20-18(24)19-15-6-3-2-4-7-15/h2-4,6-7,16H,5,8-13H2,1H3,(H2,19,20,24). The Balaban J connectivity index is 1.32. The number of amides is 2. The van der Waals surface area contributed by atoms with Crippen LogP contribution in [0.2, 0.25) is 0 Å². The summed E-state index contributed by atoms with van der Waals surface area (Å²) in [6.45, 7) is 4.82. The van der Waals surface area contributed by atoms with E-state index in [1.165, 1.54) is 0 Å². The Bertz CT molecular complexity index is 665. The van der Waals surface area contributed by atoms with Crippen LogP contribution in [0.4, 0.5) is 10.5 Å². The summed E-state index contributed by atoms with van der Waals surface area (Å²) in [5.74, 6) is 1.34. The molecule has 0 atom stereocenters. The number of carbonyl (C=O) groups is 1. The number of hydrogen-bond acceptors (Lipinski definition) is 5. The second kappa shape index (κ2) is 8.62. The maximum Gasteiger partial charge on any atom is 0.319 e. The van der Waals surface area contributed by atoms with E-state index in [0.717, 1.165) is 51.0 Å². The van der Waals surface area contributed by atoms with E-state index in [0.29, 0.717) is 11.8 Å². The summed E-state index contributed by atoms with van der Waals surface area (Å²) in [4.78, 5) is 14.5. The van der Waals surface area contributed by atoms with Crippen LogP contribution in [0, 0.1) is 6.92 Å². The Hall–Kier alpha value is -2.41. The number of nitrogens with zero attached hydrogens (tertiary/aromatic N) is 3. The van der Waals surface area contributed by atoms with Gasteiger partial charge in [-0.1, -0.05) is 18.2 Å². The first-order valence-electron chi connectivity index (χ1n) is 8.83. The van der Waals surface area contributed by atoms with Gasteiger partial charge < -0.3 is 20.0 Å². The van der Waals surface area contributed by atoms with E-state index in [1.807, 2.05) is 37.3 Å². The van der Waals surface area contributed by atoms with Crippen molar-refractivity contribution in [2.75, 3.05) is 25.0 Å². The number of para-hydroxylation sites is 1. The van der Waals surface area contributed by atoms with Crippen LogP contribution >= 0.6 is 0 Å². The summed E-state index contributed by atoms with van der Waals surface area (Å²) < 4.78 is 5.39. The van der Waals surface area contributed by atoms with E-state index < -0.39 is 0 Å². The monoisotopic (exact) mass is 343 g/mol. The molecule has 1 fully saturated rings. The summed E-state index contributed by atoms with van der Waals surface area (Å²) in [6.07, 6.45) is 3.77. The van der Waals surface area contributed by atoms with Crippen LogP contribution in [0.25, 0.3) is 0 Å². The lowest BCUT2D eigenvalue weighted by Gasteiger charge is -2.32. The number of carbonyl (C=O) groups excluding carboxylic acids is 1. The Morgan fingerprint density at radius 2 is 2.00 bits per heavy atom. The molecule has 0 bridgehead atoms. The van der Waals surface area contributed by atoms with Crippen LogP contribution in [-0.2, 0) is 6.42 Å². The van der Waals surface area contributed by atoms with Gasteiger partial charge in [0.05, 0.1) is 0 Å². The number of piperidine rings is 1. The van der Waals surface area contributed by atoms with Gasteiger partial charge in [-0.25, -0.2) is 4.79 Å². The zero-order chi connectivity index (χ0) is 17.5. The summed E-state index contributed by atoms with van der Waals surface area (Å²) in [5.41, 5.74) is 0.814. The van der Waals surface area contributed by atoms with E-state index in [1.54, 1.807) is 0 Å². The minimum atomic E-state index is -0.128. The van der Waals surface area contributed by atoms with Crippen LogP contribution in [0.3, 0.4) is 0 Å². The molecule has 1 aromatic carbocycles. The summed E-state index contributed by atoms with van der Waals surface area (Å²) in [7, 11) is 0. The fourth-order valence-corrected chi connectivity index (χ4v) is 3.07. The minimum absolute atomic E-state index is 0.128. The van der Waals surface area contributed by atoms with Crippen LogP contribution in [0.1, 0.15) is 31.0 Å². The number of likely N-dealkylation sites (tertiary alicyclic amines) is 1. The molecule has 1 aromatic heterocycles.